The molecule has 0 fully saturated rings. The lowest BCUT2D eigenvalue weighted by Crippen LogP contribution is -2.22. The molecule has 1 aliphatic rings. The molecule has 0 spiro atoms. The van der Waals surface area contributed by atoms with Gasteiger partial charge < -0.3 is 0 Å². The summed E-state index contributed by atoms with van der Waals surface area (Å²) in [6.07, 6.45) is 0.0872. The lowest BCUT2D eigenvalue weighted by Gasteiger charge is -2.17. The highest BCUT2D eigenvalue weighted by Gasteiger charge is 2.28. The third-order valence-electron chi connectivity index (χ3n) is 4.76. The molecule has 0 saturated carbocycles. The maximum absolute atomic E-state index is 13.8. The van der Waals surface area contributed by atoms with Crippen molar-refractivity contribution in [3.05, 3.63) is 101 Å². The number of benzene rings is 3. The second-order valence-corrected chi connectivity index (χ2v) is 8.84. The molecule has 0 aromatic heterocycles. The van der Waals surface area contributed by atoms with Crippen molar-refractivity contribution >= 4 is 27.0 Å². The molecule has 0 aliphatic carbocycles. The van der Waals surface area contributed by atoms with Crippen LogP contribution in [0.4, 0.5) is 4.39 Å². The number of hydrogen-bond donors (Lipinski definition) is 0. The van der Waals surface area contributed by atoms with Crippen molar-refractivity contribution in [2.24, 2.45) is 10.2 Å². The zero-order valence-electron chi connectivity index (χ0n) is 15.8. The van der Waals surface area contributed by atoms with Crippen LogP contribution >= 0.6 is 0 Å². The topological polar surface area (TPSA) is 75.9 Å². The third kappa shape index (κ3) is 3.97. The normalized spacial score (nSPS) is 16.8. The van der Waals surface area contributed by atoms with Crippen LogP contribution < -0.4 is 0 Å². The van der Waals surface area contributed by atoms with E-state index in [-0.39, 0.29) is 34.1 Å². The van der Waals surface area contributed by atoms with Gasteiger partial charge in [0.25, 0.3) is 0 Å². The first-order chi connectivity index (χ1) is 14.5. The Balaban J connectivity index is 1.83. The van der Waals surface area contributed by atoms with E-state index in [4.69, 9.17) is 0 Å². The molecule has 4 rings (SSSR count). The molecule has 0 unspecified atom stereocenters. The third-order valence-corrected chi connectivity index (χ3v) is 6.53. The predicted octanol–water partition coefficient (Wildman–Crippen LogP) is 4.08. The Morgan fingerprint density at radius 3 is 2.17 bits per heavy atom. The molecular formula is C23H17FN2O3S. The summed E-state index contributed by atoms with van der Waals surface area (Å²) in [6.45, 7) is 0. The summed E-state index contributed by atoms with van der Waals surface area (Å²) in [4.78, 5) is 13.1. The highest BCUT2D eigenvalue weighted by molar-refractivity contribution is 7.91. The predicted molar refractivity (Wildman–Crippen MR) is 113 cm³/mol. The first kappa shape index (κ1) is 19.8. The number of rotatable bonds is 4. The van der Waals surface area contributed by atoms with Crippen LogP contribution in [0.1, 0.15) is 27.9 Å². The fourth-order valence-corrected chi connectivity index (χ4v) is 4.71. The highest BCUT2D eigenvalue weighted by Crippen LogP contribution is 2.26. The smallest absolute Gasteiger partial charge is 0.213 e. The van der Waals surface area contributed by atoms with E-state index in [2.05, 4.69) is 10.2 Å². The molecule has 30 heavy (non-hydrogen) atoms. The molecule has 7 heteroatoms. The molecule has 3 aromatic rings. The fourth-order valence-electron chi connectivity index (χ4n) is 3.25. The fraction of sp³-hybridized carbons (Fsp3) is 0.0870. The Morgan fingerprint density at radius 2 is 1.50 bits per heavy atom. The summed E-state index contributed by atoms with van der Waals surface area (Å²) in [7, 11) is -3.50. The van der Waals surface area contributed by atoms with E-state index in [0.717, 1.165) is 12.1 Å². The number of halogens is 1. The molecule has 150 valence electrons. The van der Waals surface area contributed by atoms with Gasteiger partial charge in [-0.15, -0.1) is 5.10 Å². The molecule has 0 saturated heterocycles. The average Bonchev–Trinajstić information content (AvgIpc) is 2.76. The van der Waals surface area contributed by atoms with Gasteiger partial charge in [-0.3, -0.25) is 4.79 Å². The Morgan fingerprint density at radius 1 is 0.867 bits per heavy atom. The van der Waals surface area contributed by atoms with Gasteiger partial charge in [-0.1, -0.05) is 60.7 Å². The summed E-state index contributed by atoms with van der Waals surface area (Å²) in [6, 6.07) is 21.1. The minimum absolute atomic E-state index is 0.0275. The zero-order valence-corrected chi connectivity index (χ0v) is 16.6. The van der Waals surface area contributed by atoms with Crippen LogP contribution in [-0.2, 0) is 9.84 Å². The van der Waals surface area contributed by atoms with E-state index in [1.165, 1.54) is 6.07 Å². The minimum atomic E-state index is -3.50. The summed E-state index contributed by atoms with van der Waals surface area (Å²) >= 11 is 0. The summed E-state index contributed by atoms with van der Waals surface area (Å²) < 4.78 is 38.4. The zero-order chi connectivity index (χ0) is 21.1. The Hall–Kier alpha value is -3.45. The van der Waals surface area contributed by atoms with Gasteiger partial charge in [0.2, 0.25) is 5.78 Å². The molecule has 0 atom stereocenters. The second kappa shape index (κ2) is 8.12. The maximum atomic E-state index is 13.8. The summed E-state index contributed by atoms with van der Waals surface area (Å²) in [5, 5.41) is 8.42. The largest absolute Gasteiger partial charge is 0.287 e. The van der Waals surface area contributed by atoms with Crippen molar-refractivity contribution in [2.75, 3.05) is 5.75 Å². The van der Waals surface area contributed by atoms with Crippen molar-refractivity contribution in [3.8, 4) is 0 Å². The number of sulfone groups is 1. The van der Waals surface area contributed by atoms with E-state index >= 15 is 0 Å². The van der Waals surface area contributed by atoms with E-state index < -0.39 is 15.7 Å². The number of carbonyl (C=O) groups excluding carboxylic acids is 1. The van der Waals surface area contributed by atoms with Crippen LogP contribution in [0.3, 0.4) is 0 Å². The van der Waals surface area contributed by atoms with E-state index in [1.807, 2.05) is 12.1 Å². The summed E-state index contributed by atoms with van der Waals surface area (Å²) in [5.41, 5.74) is 1.68. The van der Waals surface area contributed by atoms with Gasteiger partial charge in [-0.2, -0.15) is 5.10 Å². The van der Waals surface area contributed by atoms with Crippen molar-refractivity contribution in [2.45, 2.75) is 11.3 Å². The van der Waals surface area contributed by atoms with Gasteiger partial charge in [-0.25, -0.2) is 12.8 Å². The minimum Gasteiger partial charge on any atom is -0.287 e. The van der Waals surface area contributed by atoms with E-state index in [1.54, 1.807) is 48.5 Å². The number of ketones is 1. The Kier molecular flexibility index (Phi) is 5.37. The van der Waals surface area contributed by atoms with E-state index in [0.29, 0.717) is 16.8 Å². The highest BCUT2D eigenvalue weighted by atomic mass is 32.2. The molecule has 0 radical (unpaired) electrons. The second-order valence-electron chi connectivity index (χ2n) is 6.77. The van der Waals surface area contributed by atoms with Gasteiger partial charge >= 0.3 is 0 Å². The first-order valence-corrected chi connectivity index (χ1v) is 10.9. The van der Waals surface area contributed by atoms with Crippen molar-refractivity contribution in [1.82, 2.24) is 0 Å². The average molecular weight is 420 g/mol. The molecular weight excluding hydrogens is 403 g/mol. The lowest BCUT2D eigenvalue weighted by atomic mass is 10.0. The number of fused-ring (bicyclic) bond motifs is 1. The number of hydrogen-bond acceptors (Lipinski definition) is 5. The van der Waals surface area contributed by atoms with Crippen molar-refractivity contribution in [1.29, 1.82) is 0 Å². The number of nitrogens with zero attached hydrogens (tertiary/aromatic N) is 2. The van der Waals surface area contributed by atoms with Crippen molar-refractivity contribution < 1.29 is 17.6 Å². The monoisotopic (exact) mass is 420 g/mol. The SMILES string of the molecule is O=C(/C(=N/N=C1/CCS(=O)(=O)c2ccc(F)cc21)c1ccccc1)c1ccccc1. The number of carbonyl (C=O) groups is 1. The Bertz CT molecular complexity index is 1270. The lowest BCUT2D eigenvalue weighted by molar-refractivity contribution is 0.106. The van der Waals surface area contributed by atoms with Crippen LogP contribution in [0.25, 0.3) is 0 Å². The molecule has 0 N–H and O–H groups in total. The quantitative estimate of drug-likeness (QED) is 0.276. The van der Waals surface area contributed by atoms with Gasteiger partial charge in [0.15, 0.2) is 9.84 Å². The molecule has 1 heterocycles. The summed E-state index contributed by atoms with van der Waals surface area (Å²) in [5.74, 6) is -1.02. The van der Waals surface area contributed by atoms with Gasteiger partial charge in [0.05, 0.1) is 16.4 Å². The van der Waals surface area contributed by atoms with Crippen molar-refractivity contribution in [3.63, 3.8) is 0 Å². The van der Waals surface area contributed by atoms with E-state index in [9.17, 15) is 17.6 Å². The molecule has 3 aromatic carbocycles. The van der Waals surface area contributed by atoms with Crippen LogP contribution in [-0.4, -0.2) is 31.4 Å². The van der Waals surface area contributed by atoms with Crippen LogP contribution in [0.2, 0.25) is 0 Å². The van der Waals surface area contributed by atoms with Gasteiger partial charge in [0.1, 0.15) is 11.5 Å². The molecule has 0 bridgehead atoms. The van der Waals surface area contributed by atoms with Gasteiger partial charge in [-0.05, 0) is 18.2 Å². The van der Waals surface area contributed by atoms with Crippen LogP contribution in [0.15, 0.2) is 94.0 Å². The molecule has 0 amide bonds. The maximum Gasteiger partial charge on any atom is 0.213 e. The van der Waals surface area contributed by atoms with Crippen LogP contribution in [0.5, 0.6) is 0 Å². The standard InChI is InChI=1S/C23H17FN2O3S/c24-18-11-12-21-19(15-18)20(13-14-30(21,28)29)25-26-22(16-7-3-1-4-8-16)23(27)17-9-5-2-6-10-17/h1-12,15H,13-14H2/b25-20-,26-22+. The molecule has 1 aliphatic heterocycles. The van der Waals surface area contributed by atoms with Gasteiger partial charge in [0, 0.05) is 23.1 Å². The van der Waals surface area contributed by atoms with Crippen LogP contribution in [0, 0.1) is 5.82 Å². The molecule has 5 nitrogen and oxygen atoms in total. The first-order valence-electron chi connectivity index (χ1n) is 9.28. The number of Topliss-reactive ketones (excluding diaryl/α,β-unsaturated/α-hetero) is 1. The Labute approximate surface area is 173 Å².